The summed E-state index contributed by atoms with van der Waals surface area (Å²) in [6, 6.07) is 16.8. The van der Waals surface area contributed by atoms with Crippen molar-refractivity contribution in [2.45, 2.75) is 26.5 Å². The van der Waals surface area contributed by atoms with Gasteiger partial charge in [-0.1, -0.05) is 35.1 Å². The second-order valence-electron chi connectivity index (χ2n) is 10.0. The van der Waals surface area contributed by atoms with E-state index < -0.39 is 12.0 Å². The van der Waals surface area contributed by atoms with Crippen LogP contribution in [-0.4, -0.2) is 38.5 Å². The van der Waals surface area contributed by atoms with Gasteiger partial charge in [0.1, 0.15) is 12.4 Å². The van der Waals surface area contributed by atoms with E-state index in [1.807, 2.05) is 12.1 Å². The molecule has 0 fully saturated rings. The van der Waals surface area contributed by atoms with Gasteiger partial charge >= 0.3 is 5.97 Å². The molecule has 1 aliphatic heterocycles. The van der Waals surface area contributed by atoms with E-state index in [1.54, 1.807) is 62.4 Å². The number of rotatable bonds is 10. The molecule has 46 heavy (non-hydrogen) atoms. The molecular weight excluding hydrogens is 630 g/mol. The van der Waals surface area contributed by atoms with Crippen molar-refractivity contribution in [1.29, 1.82) is 5.26 Å². The summed E-state index contributed by atoms with van der Waals surface area (Å²) in [7, 11) is 4.48. The van der Waals surface area contributed by atoms with Crippen LogP contribution in [0.2, 0.25) is 5.02 Å². The van der Waals surface area contributed by atoms with Crippen LogP contribution in [0, 0.1) is 11.3 Å². The van der Waals surface area contributed by atoms with Crippen molar-refractivity contribution in [2.75, 3.05) is 27.9 Å². The number of aromatic nitrogens is 1. The molecule has 10 nitrogen and oxygen atoms in total. The van der Waals surface area contributed by atoms with E-state index in [4.69, 9.17) is 40.5 Å². The molecule has 0 amide bonds. The molecule has 236 valence electrons. The fourth-order valence-corrected chi connectivity index (χ4v) is 6.33. The molecule has 3 aromatic carbocycles. The number of carbonyl (C=O) groups is 1. The van der Waals surface area contributed by atoms with Gasteiger partial charge < -0.3 is 23.7 Å². The van der Waals surface area contributed by atoms with Gasteiger partial charge in [0.05, 0.1) is 61.4 Å². The zero-order valence-electron chi connectivity index (χ0n) is 25.8. The van der Waals surface area contributed by atoms with Crippen LogP contribution < -0.4 is 33.8 Å². The minimum atomic E-state index is -0.905. The minimum absolute atomic E-state index is 0.141. The monoisotopic (exact) mass is 659 g/mol. The summed E-state index contributed by atoms with van der Waals surface area (Å²) in [4.78, 5) is 32.6. The van der Waals surface area contributed by atoms with Gasteiger partial charge in [-0.2, -0.15) is 5.26 Å². The lowest BCUT2D eigenvalue weighted by Gasteiger charge is -2.26. The third kappa shape index (κ3) is 6.36. The second-order valence-corrected chi connectivity index (χ2v) is 11.5. The highest BCUT2D eigenvalue weighted by Crippen LogP contribution is 2.42. The first-order chi connectivity index (χ1) is 22.2. The molecule has 0 saturated heterocycles. The number of fused-ring (bicyclic) bond motifs is 1. The maximum atomic E-state index is 14.2. The molecule has 0 bridgehead atoms. The number of methoxy groups -OCH3 is 3. The number of nitrogens with zero attached hydrogens (tertiary/aromatic N) is 3. The fourth-order valence-electron chi connectivity index (χ4n) is 5.11. The van der Waals surface area contributed by atoms with E-state index >= 15 is 0 Å². The third-order valence-corrected chi connectivity index (χ3v) is 8.47. The number of allylic oxidation sites excluding steroid dienone is 1. The number of hydrogen-bond acceptors (Lipinski definition) is 10. The first kappa shape index (κ1) is 32.3. The van der Waals surface area contributed by atoms with Gasteiger partial charge in [0.15, 0.2) is 16.3 Å². The predicted octanol–water partition coefficient (Wildman–Crippen LogP) is 4.93. The number of thiazole rings is 1. The van der Waals surface area contributed by atoms with Gasteiger partial charge in [0.25, 0.3) is 5.56 Å². The standard InChI is InChI=1S/C34H30ClN3O7S/c1-6-44-33(40)29-19(2)37-34-38(30(29)23-14-26(41-3)31(43-5)27(15-23)42-4)32(39)28(46-34)16-22-13-24(35)11-12-25(22)45-18-21-9-7-20(17-36)8-10-21/h7-16,30H,6,18H2,1-5H3/b28-16+/t30-/m1/s1. The normalized spacial score (nSPS) is 14.2. The van der Waals surface area contributed by atoms with Crippen molar-refractivity contribution in [1.82, 2.24) is 4.57 Å². The molecule has 1 aliphatic rings. The van der Waals surface area contributed by atoms with Gasteiger partial charge in [-0.05, 0) is 73.5 Å². The quantitative estimate of drug-likeness (QED) is 0.220. The average molecular weight is 660 g/mol. The zero-order valence-corrected chi connectivity index (χ0v) is 27.3. The number of hydrogen-bond donors (Lipinski definition) is 0. The fraction of sp³-hybridized carbons (Fsp3) is 0.235. The van der Waals surface area contributed by atoms with Crippen molar-refractivity contribution in [3.8, 4) is 29.1 Å². The van der Waals surface area contributed by atoms with E-state index in [0.717, 1.165) is 5.56 Å². The Labute approximate surface area is 274 Å². The molecule has 2 heterocycles. The maximum Gasteiger partial charge on any atom is 0.338 e. The van der Waals surface area contributed by atoms with Crippen LogP contribution in [0.1, 0.15) is 42.1 Å². The van der Waals surface area contributed by atoms with E-state index in [1.165, 1.54) is 37.2 Å². The summed E-state index contributed by atoms with van der Waals surface area (Å²) >= 11 is 7.54. The molecule has 4 aromatic rings. The predicted molar refractivity (Wildman–Crippen MR) is 173 cm³/mol. The zero-order chi connectivity index (χ0) is 33.0. The molecular formula is C34H30ClN3O7S. The number of nitriles is 1. The maximum absolute atomic E-state index is 14.2. The summed E-state index contributed by atoms with van der Waals surface area (Å²) < 4.78 is 30.0. The Balaban J connectivity index is 1.65. The highest BCUT2D eigenvalue weighted by atomic mass is 35.5. The smallest absolute Gasteiger partial charge is 0.338 e. The van der Waals surface area contributed by atoms with E-state index in [2.05, 4.69) is 11.1 Å². The topological polar surface area (TPSA) is 121 Å². The summed E-state index contributed by atoms with van der Waals surface area (Å²) in [6.45, 7) is 3.80. The first-order valence-electron chi connectivity index (χ1n) is 14.1. The lowest BCUT2D eigenvalue weighted by atomic mass is 9.95. The Morgan fingerprint density at radius 3 is 2.35 bits per heavy atom. The summed E-state index contributed by atoms with van der Waals surface area (Å²) in [5.41, 5.74) is 2.79. The van der Waals surface area contributed by atoms with Crippen molar-refractivity contribution in [3.63, 3.8) is 0 Å². The molecule has 1 aromatic heterocycles. The van der Waals surface area contributed by atoms with Crippen LogP contribution in [0.25, 0.3) is 6.08 Å². The number of halogens is 1. The Morgan fingerprint density at radius 1 is 1.04 bits per heavy atom. The van der Waals surface area contributed by atoms with Crippen LogP contribution in [0.5, 0.6) is 23.0 Å². The summed E-state index contributed by atoms with van der Waals surface area (Å²) in [6.07, 6.45) is 1.69. The lowest BCUT2D eigenvalue weighted by molar-refractivity contribution is -0.139. The van der Waals surface area contributed by atoms with Crippen molar-refractivity contribution in [2.24, 2.45) is 4.99 Å². The SMILES string of the molecule is CCOC(=O)C1=C(C)N=c2s/c(=C/c3cc(Cl)ccc3OCc3ccc(C#N)cc3)c(=O)n2[C@@H]1c1cc(OC)c(OC)c(OC)c1. The number of carbonyl (C=O) groups excluding carboxylic acids is 1. The van der Waals surface area contributed by atoms with Crippen LogP contribution >= 0.6 is 22.9 Å². The van der Waals surface area contributed by atoms with Crippen molar-refractivity contribution < 1.29 is 28.5 Å². The van der Waals surface area contributed by atoms with Crippen LogP contribution in [0.15, 0.2) is 75.7 Å². The number of benzene rings is 3. The van der Waals surface area contributed by atoms with Crippen molar-refractivity contribution in [3.05, 3.63) is 113 Å². The van der Waals surface area contributed by atoms with Gasteiger partial charge in [-0.3, -0.25) is 9.36 Å². The molecule has 0 aliphatic carbocycles. The second kappa shape index (κ2) is 13.9. The van der Waals surface area contributed by atoms with Gasteiger partial charge in [-0.25, -0.2) is 9.79 Å². The van der Waals surface area contributed by atoms with E-state index in [-0.39, 0.29) is 24.3 Å². The summed E-state index contributed by atoms with van der Waals surface area (Å²) in [5, 5.41) is 9.54. The molecule has 0 N–H and O–H groups in total. The van der Waals surface area contributed by atoms with Crippen molar-refractivity contribution >= 4 is 35.0 Å². The molecule has 12 heteroatoms. The highest BCUT2D eigenvalue weighted by Gasteiger charge is 2.34. The molecule has 0 saturated carbocycles. The van der Waals surface area contributed by atoms with E-state index in [9.17, 15) is 9.59 Å². The number of esters is 1. The number of ether oxygens (including phenoxy) is 5. The Hall–Kier alpha value is -5.05. The Kier molecular flexibility index (Phi) is 9.80. The Bertz CT molecular complexity index is 2030. The lowest BCUT2D eigenvalue weighted by Crippen LogP contribution is -2.40. The molecule has 0 unspecified atom stereocenters. The molecule has 0 radical (unpaired) electrons. The molecule has 5 rings (SSSR count). The van der Waals surface area contributed by atoms with Crippen LogP contribution in [-0.2, 0) is 16.1 Å². The van der Waals surface area contributed by atoms with Crippen LogP contribution in [0.3, 0.4) is 0 Å². The average Bonchev–Trinajstić information content (AvgIpc) is 3.36. The molecule has 1 atom stereocenters. The summed E-state index contributed by atoms with van der Waals surface area (Å²) in [5.74, 6) is 1.00. The Morgan fingerprint density at radius 2 is 1.74 bits per heavy atom. The van der Waals surface area contributed by atoms with E-state index in [0.29, 0.717) is 59.7 Å². The van der Waals surface area contributed by atoms with Gasteiger partial charge in [-0.15, -0.1) is 0 Å². The van der Waals surface area contributed by atoms with Gasteiger partial charge in [0.2, 0.25) is 5.75 Å². The highest BCUT2D eigenvalue weighted by molar-refractivity contribution is 7.07. The molecule has 0 spiro atoms. The van der Waals surface area contributed by atoms with Crippen LogP contribution in [0.4, 0.5) is 0 Å². The first-order valence-corrected chi connectivity index (χ1v) is 15.3. The largest absolute Gasteiger partial charge is 0.493 e. The minimum Gasteiger partial charge on any atom is -0.493 e. The third-order valence-electron chi connectivity index (χ3n) is 7.26. The van der Waals surface area contributed by atoms with Gasteiger partial charge in [0, 0.05) is 10.6 Å².